The van der Waals surface area contributed by atoms with Crippen molar-refractivity contribution in [2.45, 2.75) is 20.4 Å². The average Bonchev–Trinajstić information content (AvgIpc) is 2.54. The van der Waals surface area contributed by atoms with E-state index in [4.69, 9.17) is 0 Å². The first kappa shape index (κ1) is 15.0. The fourth-order valence-corrected chi connectivity index (χ4v) is 2.44. The van der Waals surface area contributed by atoms with Crippen molar-refractivity contribution in [3.8, 4) is 0 Å². The second-order valence-corrected chi connectivity index (χ2v) is 5.53. The molecule has 0 radical (unpaired) electrons. The maximum atomic E-state index is 12.3. The molecule has 0 fully saturated rings. The fourth-order valence-electron chi connectivity index (χ4n) is 2.44. The fraction of sp³-hybridized carbons (Fsp3) is 0.167. The topological polar surface area (TPSA) is 64.0 Å². The van der Waals surface area contributed by atoms with Gasteiger partial charge in [-0.1, -0.05) is 18.2 Å². The molecule has 1 aromatic heterocycles. The summed E-state index contributed by atoms with van der Waals surface area (Å²) in [6.45, 7) is 4.08. The Morgan fingerprint density at radius 1 is 1.13 bits per heavy atom. The quantitative estimate of drug-likeness (QED) is 0.809. The van der Waals surface area contributed by atoms with Gasteiger partial charge in [0.1, 0.15) is 6.54 Å². The summed E-state index contributed by atoms with van der Waals surface area (Å²) < 4.78 is 1.53. The molecule has 5 heteroatoms. The number of para-hydroxylation sites is 1. The van der Waals surface area contributed by atoms with Crippen LogP contribution < -0.4 is 10.7 Å². The number of aromatic nitrogens is 2. The molecule has 0 aliphatic heterocycles. The average molecular weight is 307 g/mol. The summed E-state index contributed by atoms with van der Waals surface area (Å²) >= 11 is 0. The third kappa shape index (κ3) is 3.13. The number of fused-ring (bicyclic) bond motifs is 1. The van der Waals surface area contributed by atoms with Crippen LogP contribution in [0.4, 0.5) is 5.69 Å². The molecule has 1 heterocycles. The lowest BCUT2D eigenvalue weighted by Crippen LogP contribution is -2.22. The summed E-state index contributed by atoms with van der Waals surface area (Å²) in [5.41, 5.74) is 3.55. The van der Waals surface area contributed by atoms with Gasteiger partial charge in [0.25, 0.3) is 0 Å². The highest BCUT2D eigenvalue weighted by atomic mass is 16.2. The number of carbonyl (C=O) groups is 1. The van der Waals surface area contributed by atoms with E-state index in [1.807, 2.05) is 38.1 Å². The Bertz CT molecular complexity index is 944. The molecule has 23 heavy (non-hydrogen) atoms. The molecule has 1 N–H and O–H groups in total. The van der Waals surface area contributed by atoms with Gasteiger partial charge >= 0.3 is 0 Å². The maximum absolute atomic E-state index is 12.3. The van der Waals surface area contributed by atoms with Gasteiger partial charge in [0.2, 0.25) is 11.3 Å². The van der Waals surface area contributed by atoms with E-state index in [1.165, 1.54) is 16.4 Å². The van der Waals surface area contributed by atoms with E-state index in [1.54, 1.807) is 18.2 Å². The van der Waals surface area contributed by atoms with Crippen molar-refractivity contribution in [1.29, 1.82) is 0 Å². The Morgan fingerprint density at radius 2 is 1.91 bits per heavy atom. The van der Waals surface area contributed by atoms with Gasteiger partial charge in [0.15, 0.2) is 0 Å². The highest BCUT2D eigenvalue weighted by Gasteiger charge is 2.08. The number of benzene rings is 2. The molecule has 2 aromatic carbocycles. The number of nitrogens with one attached hydrogen (secondary N) is 1. The molecular formula is C18H17N3O2. The van der Waals surface area contributed by atoms with E-state index in [0.29, 0.717) is 10.9 Å². The molecule has 0 unspecified atom stereocenters. The molecule has 3 rings (SSSR count). The Labute approximate surface area is 133 Å². The van der Waals surface area contributed by atoms with Crippen LogP contribution >= 0.6 is 0 Å². The van der Waals surface area contributed by atoms with Crippen LogP contribution in [0.2, 0.25) is 0 Å². The Morgan fingerprint density at radius 3 is 2.70 bits per heavy atom. The molecule has 0 bridgehead atoms. The van der Waals surface area contributed by atoms with Crippen molar-refractivity contribution < 1.29 is 4.79 Å². The largest absolute Gasteiger partial charge is 0.324 e. The predicted octanol–water partition coefficient (Wildman–Crippen LogP) is 2.65. The summed E-state index contributed by atoms with van der Waals surface area (Å²) in [6.07, 6.45) is 1.24. The van der Waals surface area contributed by atoms with E-state index in [0.717, 1.165) is 11.3 Å². The standard InChI is InChI=1S/C18H17N3O2/c1-12-7-8-14(9-13(12)2)20-18(23)11-21-16-6-4-3-5-15(16)17(22)10-19-21/h3-10H,11H2,1-2H3,(H,20,23). The number of aryl methyl sites for hydroxylation is 2. The minimum atomic E-state index is -0.186. The van der Waals surface area contributed by atoms with Crippen molar-refractivity contribution in [2.24, 2.45) is 0 Å². The zero-order valence-electron chi connectivity index (χ0n) is 13.0. The van der Waals surface area contributed by atoms with Crippen molar-refractivity contribution >= 4 is 22.5 Å². The monoisotopic (exact) mass is 307 g/mol. The molecule has 0 atom stereocenters. The minimum Gasteiger partial charge on any atom is -0.324 e. The van der Waals surface area contributed by atoms with E-state index in [9.17, 15) is 9.59 Å². The van der Waals surface area contributed by atoms with Crippen LogP contribution in [0, 0.1) is 13.8 Å². The first-order chi connectivity index (χ1) is 11.0. The van der Waals surface area contributed by atoms with E-state index >= 15 is 0 Å². The first-order valence-electron chi connectivity index (χ1n) is 7.36. The maximum Gasteiger partial charge on any atom is 0.246 e. The smallest absolute Gasteiger partial charge is 0.246 e. The van der Waals surface area contributed by atoms with Crippen LogP contribution in [-0.4, -0.2) is 15.7 Å². The minimum absolute atomic E-state index is 0.0493. The molecule has 3 aromatic rings. The molecule has 0 saturated heterocycles. The number of hydrogen-bond donors (Lipinski definition) is 1. The summed E-state index contributed by atoms with van der Waals surface area (Å²) in [6, 6.07) is 12.9. The summed E-state index contributed by atoms with van der Waals surface area (Å²) in [5, 5.41) is 7.48. The summed E-state index contributed by atoms with van der Waals surface area (Å²) in [5.74, 6) is -0.186. The lowest BCUT2D eigenvalue weighted by molar-refractivity contribution is -0.116. The molecule has 0 aliphatic rings. The lowest BCUT2D eigenvalue weighted by atomic mass is 10.1. The van der Waals surface area contributed by atoms with E-state index in [2.05, 4.69) is 10.4 Å². The third-order valence-electron chi connectivity index (χ3n) is 3.85. The highest BCUT2D eigenvalue weighted by molar-refractivity contribution is 5.91. The van der Waals surface area contributed by atoms with Crippen molar-refractivity contribution in [2.75, 3.05) is 5.32 Å². The van der Waals surface area contributed by atoms with Crippen LogP contribution in [0.3, 0.4) is 0 Å². The van der Waals surface area contributed by atoms with Gasteiger partial charge in [-0.05, 0) is 49.2 Å². The Balaban J connectivity index is 1.84. The zero-order valence-corrected chi connectivity index (χ0v) is 13.0. The van der Waals surface area contributed by atoms with Gasteiger partial charge in [-0.25, -0.2) is 0 Å². The molecule has 0 aliphatic carbocycles. The second-order valence-electron chi connectivity index (χ2n) is 5.53. The zero-order chi connectivity index (χ0) is 16.4. The molecule has 5 nitrogen and oxygen atoms in total. The number of hydrogen-bond acceptors (Lipinski definition) is 3. The SMILES string of the molecule is Cc1ccc(NC(=O)Cn2ncc(=O)c3ccccc32)cc1C. The molecule has 1 amide bonds. The van der Waals surface area contributed by atoms with Gasteiger partial charge in [-0.2, -0.15) is 5.10 Å². The van der Waals surface area contributed by atoms with Crippen LogP contribution in [0.25, 0.3) is 10.9 Å². The summed E-state index contributed by atoms with van der Waals surface area (Å²) in [7, 11) is 0. The Kier molecular flexibility index (Phi) is 3.93. The van der Waals surface area contributed by atoms with Crippen molar-refractivity contribution in [1.82, 2.24) is 9.78 Å². The lowest BCUT2D eigenvalue weighted by Gasteiger charge is -2.10. The van der Waals surface area contributed by atoms with Gasteiger partial charge in [0.05, 0.1) is 11.7 Å². The van der Waals surface area contributed by atoms with Crippen LogP contribution in [0.1, 0.15) is 11.1 Å². The predicted molar refractivity (Wildman–Crippen MR) is 90.5 cm³/mol. The molecule has 116 valence electrons. The van der Waals surface area contributed by atoms with Crippen LogP contribution in [0.5, 0.6) is 0 Å². The number of nitrogens with zero attached hydrogens (tertiary/aromatic N) is 2. The molecule has 0 saturated carbocycles. The van der Waals surface area contributed by atoms with Gasteiger partial charge in [-0.15, -0.1) is 0 Å². The highest BCUT2D eigenvalue weighted by Crippen LogP contribution is 2.14. The van der Waals surface area contributed by atoms with Gasteiger partial charge in [-0.3, -0.25) is 14.3 Å². The van der Waals surface area contributed by atoms with Crippen molar-refractivity contribution in [3.05, 3.63) is 70.0 Å². The van der Waals surface area contributed by atoms with Crippen LogP contribution in [0.15, 0.2) is 53.5 Å². The van der Waals surface area contributed by atoms with Crippen molar-refractivity contribution in [3.63, 3.8) is 0 Å². The number of rotatable bonds is 3. The third-order valence-corrected chi connectivity index (χ3v) is 3.85. The normalized spacial score (nSPS) is 10.7. The van der Waals surface area contributed by atoms with E-state index in [-0.39, 0.29) is 17.9 Å². The first-order valence-corrected chi connectivity index (χ1v) is 7.36. The summed E-state index contributed by atoms with van der Waals surface area (Å²) in [4.78, 5) is 24.1. The molecule has 0 spiro atoms. The number of amides is 1. The van der Waals surface area contributed by atoms with E-state index < -0.39 is 0 Å². The molecular weight excluding hydrogens is 290 g/mol. The number of anilines is 1. The number of carbonyl (C=O) groups excluding carboxylic acids is 1. The van der Waals surface area contributed by atoms with Gasteiger partial charge < -0.3 is 5.32 Å². The van der Waals surface area contributed by atoms with Crippen LogP contribution in [-0.2, 0) is 11.3 Å². The van der Waals surface area contributed by atoms with Gasteiger partial charge in [0, 0.05) is 11.1 Å². The second kappa shape index (κ2) is 6.04. The Hall–Kier alpha value is -2.95.